The van der Waals surface area contributed by atoms with Crippen LogP contribution in [-0.4, -0.2) is 17.0 Å². The summed E-state index contributed by atoms with van der Waals surface area (Å²) in [7, 11) is 0. The summed E-state index contributed by atoms with van der Waals surface area (Å²) in [5.74, 6) is 0.537. The van der Waals surface area contributed by atoms with Crippen LogP contribution in [0, 0.1) is 10.1 Å². The third-order valence-corrected chi connectivity index (χ3v) is 6.02. The summed E-state index contributed by atoms with van der Waals surface area (Å²) in [6, 6.07) is 9.78. The molecule has 2 aromatic heterocycles. The third-order valence-electron chi connectivity index (χ3n) is 4.82. The Labute approximate surface area is 171 Å². The van der Waals surface area contributed by atoms with Crippen molar-refractivity contribution in [3.8, 4) is 0 Å². The maximum Gasteiger partial charge on any atom is 0.269 e. The molecule has 29 heavy (non-hydrogen) atoms. The number of aryl methyl sites for hydroxylation is 1. The average molecular weight is 409 g/mol. The molecule has 1 amide bonds. The van der Waals surface area contributed by atoms with Gasteiger partial charge in [0.15, 0.2) is 0 Å². The van der Waals surface area contributed by atoms with E-state index in [1.807, 2.05) is 6.07 Å². The molecule has 0 unspecified atom stereocenters. The highest BCUT2D eigenvalue weighted by molar-refractivity contribution is 7.16. The number of thiophene rings is 1. The lowest BCUT2D eigenvalue weighted by molar-refractivity contribution is -0.384. The Bertz CT molecular complexity index is 1050. The van der Waals surface area contributed by atoms with Crippen LogP contribution in [0.15, 0.2) is 52.1 Å². The Morgan fingerprint density at radius 2 is 2.03 bits per heavy atom. The molecule has 0 saturated heterocycles. The molecule has 3 aromatic rings. The number of hydrogen-bond acceptors (Lipinski definition) is 6. The fraction of sp³-hybridized carbons (Fsp3) is 0.238. The number of hydrogen-bond donors (Lipinski definition) is 1. The average Bonchev–Trinajstić information content (AvgIpc) is 3.38. The Morgan fingerprint density at radius 3 is 2.76 bits per heavy atom. The van der Waals surface area contributed by atoms with Crippen molar-refractivity contribution in [2.45, 2.75) is 32.2 Å². The number of nitrogens with one attached hydrogen (secondary N) is 1. The number of aliphatic imine (C=N–C) groups is 1. The van der Waals surface area contributed by atoms with Crippen LogP contribution >= 0.6 is 11.3 Å². The number of benzene rings is 1. The fourth-order valence-electron chi connectivity index (χ4n) is 3.36. The number of rotatable bonds is 6. The Kier molecular flexibility index (Phi) is 5.53. The summed E-state index contributed by atoms with van der Waals surface area (Å²) in [5.41, 5.74) is 2.50. The van der Waals surface area contributed by atoms with Gasteiger partial charge in [0.1, 0.15) is 10.8 Å². The second-order valence-corrected chi connectivity index (χ2v) is 7.84. The number of fused-ring (bicyclic) bond motifs is 1. The molecule has 148 valence electrons. The van der Waals surface area contributed by atoms with Gasteiger partial charge in [-0.05, 0) is 61.1 Å². The van der Waals surface area contributed by atoms with Crippen LogP contribution in [0.4, 0.5) is 10.7 Å². The summed E-state index contributed by atoms with van der Waals surface area (Å²) >= 11 is 1.55. The number of nitro groups is 1. The molecule has 0 fully saturated rings. The van der Waals surface area contributed by atoms with Crippen molar-refractivity contribution in [3.05, 3.63) is 80.1 Å². The molecule has 1 aromatic carbocycles. The van der Waals surface area contributed by atoms with Crippen molar-refractivity contribution in [2.75, 3.05) is 0 Å². The molecule has 1 aliphatic rings. The van der Waals surface area contributed by atoms with Crippen LogP contribution in [0.5, 0.6) is 0 Å². The first-order valence-electron chi connectivity index (χ1n) is 9.35. The first-order valence-corrected chi connectivity index (χ1v) is 10.2. The molecule has 0 saturated carbocycles. The van der Waals surface area contributed by atoms with E-state index in [1.54, 1.807) is 42.0 Å². The van der Waals surface area contributed by atoms with E-state index in [0.717, 1.165) is 36.8 Å². The lowest BCUT2D eigenvalue weighted by Crippen LogP contribution is -2.23. The minimum Gasteiger partial charge on any atom is -0.467 e. The molecule has 8 heteroatoms. The van der Waals surface area contributed by atoms with Gasteiger partial charge >= 0.3 is 0 Å². The van der Waals surface area contributed by atoms with Crippen molar-refractivity contribution >= 4 is 34.1 Å². The normalized spacial score (nSPS) is 13.4. The first kappa shape index (κ1) is 19.1. The van der Waals surface area contributed by atoms with E-state index in [4.69, 9.17) is 4.42 Å². The zero-order chi connectivity index (χ0) is 20.2. The van der Waals surface area contributed by atoms with Gasteiger partial charge < -0.3 is 9.73 Å². The molecule has 4 rings (SSSR count). The maximum atomic E-state index is 12.9. The summed E-state index contributed by atoms with van der Waals surface area (Å²) in [6.45, 7) is 0.321. The standard InChI is InChI=1S/C21H19N3O4S/c25-20(22-13-16-4-3-11-28-16)19-17-5-1-2-6-18(17)29-21(19)23-12-14-7-9-15(10-8-14)24(26)27/h3-4,7-12H,1-2,5-6,13H2,(H,22,25). The van der Waals surface area contributed by atoms with Crippen molar-refractivity contribution in [1.29, 1.82) is 0 Å². The predicted octanol–water partition coefficient (Wildman–Crippen LogP) is 4.81. The topological polar surface area (TPSA) is 97.7 Å². The molecular weight excluding hydrogens is 390 g/mol. The van der Waals surface area contributed by atoms with Gasteiger partial charge in [-0.25, -0.2) is 4.99 Å². The van der Waals surface area contributed by atoms with Crippen LogP contribution in [0.2, 0.25) is 0 Å². The molecule has 0 atom stereocenters. The monoisotopic (exact) mass is 409 g/mol. The Balaban J connectivity index is 1.59. The molecular formula is C21H19N3O4S. The summed E-state index contributed by atoms with van der Waals surface area (Å²) in [5, 5.41) is 14.4. The zero-order valence-corrected chi connectivity index (χ0v) is 16.4. The van der Waals surface area contributed by atoms with Gasteiger partial charge in [0, 0.05) is 23.2 Å². The number of nitrogens with zero attached hydrogens (tertiary/aromatic N) is 2. The lowest BCUT2D eigenvalue weighted by atomic mass is 9.95. The Hall–Kier alpha value is -3.26. The van der Waals surface area contributed by atoms with Crippen LogP contribution in [-0.2, 0) is 19.4 Å². The quantitative estimate of drug-likeness (QED) is 0.359. The van der Waals surface area contributed by atoms with Crippen molar-refractivity contribution in [2.24, 2.45) is 4.99 Å². The van der Waals surface area contributed by atoms with E-state index >= 15 is 0 Å². The van der Waals surface area contributed by atoms with Gasteiger partial charge in [-0.3, -0.25) is 14.9 Å². The Morgan fingerprint density at radius 1 is 1.24 bits per heavy atom. The van der Waals surface area contributed by atoms with E-state index < -0.39 is 4.92 Å². The smallest absolute Gasteiger partial charge is 0.269 e. The van der Waals surface area contributed by atoms with Crippen LogP contribution in [0.1, 0.15) is 45.0 Å². The second-order valence-electron chi connectivity index (χ2n) is 6.76. The summed E-state index contributed by atoms with van der Waals surface area (Å²) in [6.07, 6.45) is 7.24. The van der Waals surface area contributed by atoms with E-state index in [0.29, 0.717) is 22.9 Å². The molecule has 1 N–H and O–H groups in total. The van der Waals surface area contributed by atoms with E-state index in [9.17, 15) is 14.9 Å². The molecule has 0 bridgehead atoms. The van der Waals surface area contributed by atoms with E-state index in [-0.39, 0.29) is 11.6 Å². The maximum absolute atomic E-state index is 12.9. The summed E-state index contributed by atoms with van der Waals surface area (Å²) < 4.78 is 5.29. The molecule has 1 aliphatic carbocycles. The molecule has 0 aliphatic heterocycles. The van der Waals surface area contributed by atoms with E-state index in [1.165, 1.54) is 17.0 Å². The molecule has 0 radical (unpaired) electrons. The largest absolute Gasteiger partial charge is 0.467 e. The summed E-state index contributed by atoms with van der Waals surface area (Å²) in [4.78, 5) is 29.1. The lowest BCUT2D eigenvalue weighted by Gasteiger charge is -2.12. The third kappa shape index (κ3) is 4.27. The van der Waals surface area contributed by atoms with Gasteiger partial charge in [0.25, 0.3) is 11.6 Å². The van der Waals surface area contributed by atoms with Gasteiger partial charge in [-0.1, -0.05) is 0 Å². The van der Waals surface area contributed by atoms with Gasteiger partial charge in [-0.2, -0.15) is 0 Å². The number of amides is 1. The number of carbonyl (C=O) groups excluding carboxylic acids is 1. The minimum absolute atomic E-state index is 0.0340. The van der Waals surface area contributed by atoms with Crippen LogP contribution in [0.25, 0.3) is 0 Å². The predicted molar refractivity (Wildman–Crippen MR) is 111 cm³/mol. The van der Waals surface area contributed by atoms with E-state index in [2.05, 4.69) is 10.3 Å². The second kappa shape index (κ2) is 8.40. The zero-order valence-electron chi connectivity index (χ0n) is 15.6. The molecule has 0 spiro atoms. The van der Waals surface area contributed by atoms with Gasteiger partial charge in [0.05, 0.1) is 23.3 Å². The van der Waals surface area contributed by atoms with Crippen LogP contribution in [0.3, 0.4) is 0 Å². The SMILES string of the molecule is O=C(NCc1ccco1)c1c(N=Cc2ccc([N+](=O)[O-])cc2)sc2c1CCCC2. The highest BCUT2D eigenvalue weighted by atomic mass is 32.1. The minimum atomic E-state index is -0.435. The number of carbonyl (C=O) groups is 1. The fourth-order valence-corrected chi connectivity index (χ4v) is 4.59. The first-order chi connectivity index (χ1) is 14.1. The van der Waals surface area contributed by atoms with Crippen molar-refractivity contribution in [1.82, 2.24) is 5.32 Å². The van der Waals surface area contributed by atoms with Crippen molar-refractivity contribution < 1.29 is 14.1 Å². The molecule has 2 heterocycles. The number of non-ortho nitro benzene ring substituents is 1. The van der Waals surface area contributed by atoms with Gasteiger partial charge in [0.2, 0.25) is 0 Å². The van der Waals surface area contributed by atoms with Gasteiger partial charge in [-0.15, -0.1) is 11.3 Å². The highest BCUT2D eigenvalue weighted by Crippen LogP contribution is 2.39. The number of nitro benzene ring substituents is 1. The molecule has 7 nitrogen and oxygen atoms in total. The highest BCUT2D eigenvalue weighted by Gasteiger charge is 2.25. The van der Waals surface area contributed by atoms with Crippen LogP contribution < -0.4 is 5.32 Å². The number of furan rings is 1. The van der Waals surface area contributed by atoms with Crippen molar-refractivity contribution in [3.63, 3.8) is 0 Å².